The van der Waals surface area contributed by atoms with Gasteiger partial charge in [0.15, 0.2) is 0 Å². The molecule has 0 spiro atoms. The number of hydrogen-bond acceptors (Lipinski definition) is 3. The third kappa shape index (κ3) is 4.93. The van der Waals surface area contributed by atoms with Gasteiger partial charge in [-0.05, 0) is 70.4 Å². The highest BCUT2D eigenvalue weighted by molar-refractivity contribution is 6.03. The fourth-order valence-electron chi connectivity index (χ4n) is 4.21. The van der Waals surface area contributed by atoms with Gasteiger partial charge < -0.3 is 10.8 Å². The number of nitrogens with one attached hydrogen (secondary N) is 1. The normalized spacial score (nSPS) is 14.6. The van der Waals surface area contributed by atoms with E-state index in [0.717, 1.165) is 53.2 Å². The van der Waals surface area contributed by atoms with E-state index in [1.165, 1.54) is 5.57 Å². The van der Waals surface area contributed by atoms with Gasteiger partial charge in [0.1, 0.15) is 0 Å². The molecule has 4 rings (SSSR count). The van der Waals surface area contributed by atoms with E-state index < -0.39 is 11.9 Å². The quantitative estimate of drug-likeness (QED) is 0.171. The van der Waals surface area contributed by atoms with Crippen LogP contribution < -0.4 is 5.73 Å². The first-order valence-corrected chi connectivity index (χ1v) is 10.9. The maximum Gasteiger partial charge on any atom is 0.328 e. The van der Waals surface area contributed by atoms with Gasteiger partial charge in [-0.3, -0.25) is 5.41 Å². The second-order valence-electron chi connectivity index (χ2n) is 8.19. The lowest BCUT2D eigenvalue weighted by Gasteiger charge is -2.31. The molecule has 0 aliphatic heterocycles. The van der Waals surface area contributed by atoms with Gasteiger partial charge in [0.2, 0.25) is 5.97 Å². The molecule has 33 heavy (non-hydrogen) atoms. The lowest BCUT2D eigenvalue weighted by Crippen LogP contribution is -2.15. The Morgan fingerprint density at radius 2 is 1.64 bits per heavy atom. The topological polar surface area (TPSA) is 87.2 Å². The summed E-state index contributed by atoms with van der Waals surface area (Å²) in [4.78, 5) is 10.9. The van der Waals surface area contributed by atoms with Gasteiger partial charge in [0.25, 0.3) is 0 Å². The number of rotatable bonds is 7. The van der Waals surface area contributed by atoms with Gasteiger partial charge in [-0.25, -0.2) is 4.79 Å². The maximum atomic E-state index is 13.9. The largest absolute Gasteiger partial charge is 0.478 e. The van der Waals surface area contributed by atoms with Crippen LogP contribution in [0.5, 0.6) is 0 Å². The maximum absolute atomic E-state index is 13.9. The van der Waals surface area contributed by atoms with Crippen molar-refractivity contribution in [2.75, 3.05) is 5.73 Å². The molecule has 166 valence electrons. The fourth-order valence-corrected chi connectivity index (χ4v) is 4.21. The van der Waals surface area contributed by atoms with E-state index in [-0.39, 0.29) is 11.3 Å². The first kappa shape index (κ1) is 22.2. The zero-order valence-corrected chi connectivity index (χ0v) is 18.1. The zero-order chi connectivity index (χ0) is 23.4. The van der Waals surface area contributed by atoms with Gasteiger partial charge in [0, 0.05) is 11.8 Å². The SMILES string of the molecule is N=C(F)c1cc(/C(=C(/c2ccccc2)C2CCC2)c2ccc(/C=C/C(=O)O)cc2)ccc1N. The Morgan fingerprint density at radius 1 is 0.970 bits per heavy atom. The van der Waals surface area contributed by atoms with Crippen LogP contribution in [-0.2, 0) is 4.79 Å². The molecule has 0 saturated heterocycles. The van der Waals surface area contributed by atoms with Crippen molar-refractivity contribution in [3.63, 3.8) is 0 Å². The van der Waals surface area contributed by atoms with Gasteiger partial charge in [-0.15, -0.1) is 0 Å². The summed E-state index contributed by atoms with van der Waals surface area (Å²) in [6, 6.07) is 23.0. The van der Waals surface area contributed by atoms with Gasteiger partial charge in [-0.1, -0.05) is 67.1 Å². The third-order valence-electron chi connectivity index (χ3n) is 6.06. The Kier molecular flexibility index (Phi) is 6.50. The fraction of sp³-hybridized carbons (Fsp3) is 0.143. The molecule has 4 nitrogen and oxygen atoms in total. The molecule has 3 aromatic rings. The molecule has 0 radical (unpaired) electrons. The number of nitrogen functional groups attached to an aromatic ring is 1. The van der Waals surface area contributed by atoms with Crippen LogP contribution >= 0.6 is 0 Å². The minimum Gasteiger partial charge on any atom is -0.478 e. The minimum absolute atomic E-state index is 0.0760. The molecule has 1 saturated carbocycles. The standard InChI is InChI=1S/C28H25FN2O2/c29-28(31)23-17-22(14-15-24(23)30)27(21-12-9-18(10-13-21)11-16-25(32)33)26(20-7-4-8-20)19-5-2-1-3-6-19/h1-3,5-6,9-17,20,31H,4,7-8,30H2,(H,32,33)/b16-11+,27-26-,31-28?. The smallest absolute Gasteiger partial charge is 0.328 e. The molecule has 0 atom stereocenters. The average Bonchev–Trinajstić information content (AvgIpc) is 2.78. The van der Waals surface area contributed by atoms with Crippen LogP contribution in [0, 0.1) is 11.3 Å². The molecule has 0 aromatic heterocycles. The summed E-state index contributed by atoms with van der Waals surface area (Å²) in [5.74, 6) is -1.69. The molecule has 4 N–H and O–H groups in total. The van der Waals surface area contributed by atoms with Crippen LogP contribution in [0.4, 0.5) is 10.1 Å². The molecule has 5 heteroatoms. The Hall–Kier alpha value is -3.99. The molecule has 1 aliphatic rings. The average molecular weight is 441 g/mol. The molecular weight excluding hydrogens is 415 g/mol. The van der Waals surface area contributed by atoms with E-state index in [1.807, 2.05) is 48.5 Å². The summed E-state index contributed by atoms with van der Waals surface area (Å²) in [7, 11) is 0. The highest BCUT2D eigenvalue weighted by atomic mass is 19.1. The van der Waals surface area contributed by atoms with Crippen molar-refractivity contribution >= 4 is 34.8 Å². The molecule has 0 bridgehead atoms. The lowest BCUT2D eigenvalue weighted by molar-refractivity contribution is -0.131. The first-order chi connectivity index (χ1) is 15.9. The number of nitrogens with two attached hydrogens (primary N) is 1. The van der Waals surface area contributed by atoms with Gasteiger partial charge in [0.05, 0.1) is 5.56 Å². The Morgan fingerprint density at radius 3 is 2.21 bits per heavy atom. The summed E-state index contributed by atoms with van der Waals surface area (Å²) in [6.07, 6.45) is 5.97. The first-order valence-electron chi connectivity index (χ1n) is 10.9. The van der Waals surface area contributed by atoms with Crippen molar-refractivity contribution in [2.45, 2.75) is 19.3 Å². The van der Waals surface area contributed by atoms with E-state index in [0.29, 0.717) is 5.92 Å². The second kappa shape index (κ2) is 9.65. The highest BCUT2D eigenvalue weighted by Crippen LogP contribution is 2.45. The molecule has 0 unspecified atom stereocenters. The van der Waals surface area contributed by atoms with Gasteiger partial charge >= 0.3 is 5.97 Å². The predicted molar refractivity (Wildman–Crippen MR) is 132 cm³/mol. The number of carboxylic acid groups (broad SMARTS) is 1. The van der Waals surface area contributed by atoms with Crippen LogP contribution in [0.1, 0.15) is 47.1 Å². The zero-order valence-electron chi connectivity index (χ0n) is 18.1. The third-order valence-corrected chi connectivity index (χ3v) is 6.06. The monoisotopic (exact) mass is 440 g/mol. The van der Waals surface area contributed by atoms with Crippen molar-refractivity contribution in [3.05, 3.63) is 107 Å². The summed E-state index contributed by atoms with van der Waals surface area (Å²) >= 11 is 0. The molecule has 1 aliphatic carbocycles. The van der Waals surface area contributed by atoms with E-state index >= 15 is 0 Å². The van der Waals surface area contributed by atoms with Crippen molar-refractivity contribution in [3.8, 4) is 0 Å². The van der Waals surface area contributed by atoms with Crippen LogP contribution in [0.25, 0.3) is 17.2 Å². The molecular formula is C28H25FN2O2. The van der Waals surface area contributed by atoms with Crippen LogP contribution in [-0.4, -0.2) is 17.0 Å². The lowest BCUT2D eigenvalue weighted by atomic mass is 9.73. The second-order valence-corrected chi connectivity index (χ2v) is 8.19. The van der Waals surface area contributed by atoms with E-state index in [2.05, 4.69) is 12.1 Å². The number of carboxylic acids is 1. The minimum atomic E-state index is -1.06. The Balaban J connectivity index is 1.95. The van der Waals surface area contributed by atoms with E-state index in [4.69, 9.17) is 16.2 Å². The van der Waals surface area contributed by atoms with Crippen LogP contribution in [0.15, 0.2) is 78.9 Å². The Labute approximate surface area is 192 Å². The molecule has 3 aromatic carbocycles. The summed E-state index contributed by atoms with van der Waals surface area (Å²) in [5.41, 5.74) is 12.0. The molecule has 0 heterocycles. The molecule has 1 fully saturated rings. The molecule has 0 amide bonds. The van der Waals surface area contributed by atoms with E-state index in [1.54, 1.807) is 18.2 Å². The number of halogens is 1. The number of hydrogen-bond donors (Lipinski definition) is 3. The summed E-state index contributed by atoms with van der Waals surface area (Å²) < 4.78 is 13.9. The number of aliphatic carboxylic acids is 1. The van der Waals surface area contributed by atoms with Crippen molar-refractivity contribution in [2.24, 2.45) is 5.92 Å². The van der Waals surface area contributed by atoms with E-state index in [9.17, 15) is 9.18 Å². The van der Waals surface area contributed by atoms with Gasteiger partial charge in [-0.2, -0.15) is 4.39 Å². The number of allylic oxidation sites excluding steroid dienone is 1. The predicted octanol–water partition coefficient (Wildman–Crippen LogP) is 6.42. The van der Waals surface area contributed by atoms with Crippen molar-refractivity contribution < 1.29 is 14.3 Å². The van der Waals surface area contributed by atoms with Crippen LogP contribution in [0.2, 0.25) is 0 Å². The number of anilines is 1. The van der Waals surface area contributed by atoms with Crippen molar-refractivity contribution in [1.29, 1.82) is 5.41 Å². The van der Waals surface area contributed by atoms with Crippen molar-refractivity contribution in [1.82, 2.24) is 0 Å². The number of carbonyl (C=O) groups is 1. The summed E-state index contributed by atoms with van der Waals surface area (Å²) in [5, 5.41) is 16.4. The highest BCUT2D eigenvalue weighted by Gasteiger charge is 2.27. The summed E-state index contributed by atoms with van der Waals surface area (Å²) in [6.45, 7) is 0. The Bertz CT molecular complexity index is 1240. The number of benzene rings is 3. The van der Waals surface area contributed by atoms with Crippen LogP contribution in [0.3, 0.4) is 0 Å².